The van der Waals surface area contributed by atoms with Crippen LogP contribution in [0.25, 0.3) is 0 Å². The highest BCUT2D eigenvalue weighted by Gasteiger charge is 2.27. The van der Waals surface area contributed by atoms with E-state index in [4.69, 9.17) is 39.5 Å². The molecule has 0 aliphatic carbocycles. The lowest BCUT2D eigenvalue weighted by molar-refractivity contribution is -0.893. The Hall–Kier alpha value is -1.19. The first kappa shape index (κ1) is 99.0. The van der Waals surface area contributed by atoms with Crippen LogP contribution in [-0.4, -0.2) is 113 Å². The second-order valence-corrected chi connectivity index (χ2v) is 32.6. The lowest BCUT2D eigenvalue weighted by atomic mass is 9.91. The van der Waals surface area contributed by atoms with E-state index in [0.29, 0.717) is 11.8 Å². The van der Waals surface area contributed by atoms with Crippen molar-refractivity contribution in [1.29, 1.82) is 0 Å². The molecule has 13 nitrogen and oxygen atoms in total. The van der Waals surface area contributed by atoms with Crippen LogP contribution in [0, 0.1) is 47.3 Å². The topological polar surface area (TPSA) is 179 Å². The number of nitrogens with two attached hydrogens (primary N) is 2. The van der Waals surface area contributed by atoms with Gasteiger partial charge in [0.15, 0.2) is 6.10 Å². The summed E-state index contributed by atoms with van der Waals surface area (Å²) >= 11 is 0. The molecule has 0 saturated heterocycles. The van der Waals surface area contributed by atoms with Crippen molar-refractivity contribution in [1.82, 2.24) is 0 Å². The zero-order chi connectivity index (χ0) is 71.1. The largest absolute Gasteiger partial charge is 1.00 e. The second kappa shape index (κ2) is 69.5. The van der Waals surface area contributed by atoms with Crippen molar-refractivity contribution in [2.45, 2.75) is 359 Å². The summed E-state index contributed by atoms with van der Waals surface area (Å²) in [5.41, 5.74) is 11.2. The second-order valence-electron chi connectivity index (χ2n) is 31.2. The van der Waals surface area contributed by atoms with Gasteiger partial charge in [0, 0.05) is 39.0 Å². The van der Waals surface area contributed by atoms with E-state index in [1.54, 1.807) is 0 Å². The van der Waals surface area contributed by atoms with Gasteiger partial charge in [-0.25, -0.2) is 4.57 Å². The number of rotatable bonds is 69. The molecule has 0 radical (unpaired) electrons. The lowest BCUT2D eigenvalue weighted by Crippen LogP contribution is -3.00. The van der Waals surface area contributed by atoms with Crippen LogP contribution in [-0.2, 0) is 42.1 Å². The number of carbonyl (C=O) groups is 2. The molecule has 0 fully saturated rings. The minimum absolute atomic E-state index is 0. The van der Waals surface area contributed by atoms with Crippen molar-refractivity contribution in [2.75, 3.05) is 79.9 Å². The predicted molar refractivity (Wildman–Crippen MR) is 407 cm³/mol. The number of likely N-dealkylation sites (N-methyl/N-ethyl adjacent to an activating group) is 1. The fourth-order valence-corrected chi connectivity index (χ4v) is 13.2. The molecule has 0 spiro atoms. The predicted octanol–water partition coefficient (Wildman–Crippen LogP) is 19.2. The number of quaternary nitrogens is 1. The Labute approximate surface area is 606 Å². The fraction of sp³-hybridized carbons (Fsp3) is 0.926. The third-order valence-electron chi connectivity index (χ3n) is 18.9. The van der Waals surface area contributed by atoms with Gasteiger partial charge in [0.2, 0.25) is 0 Å². The monoisotopic (exact) mass is 1450 g/mol. The van der Waals surface area contributed by atoms with Gasteiger partial charge in [-0.2, -0.15) is 0 Å². The summed E-state index contributed by atoms with van der Waals surface area (Å²) in [6.45, 7) is 31.7. The Kier molecular flexibility index (Phi) is 71.7. The Morgan fingerprint density at radius 1 is 0.427 bits per heavy atom. The number of ether oxygens (including phenoxy) is 4. The maximum Gasteiger partial charge on any atom is 0.472 e. The van der Waals surface area contributed by atoms with E-state index in [1.807, 2.05) is 6.92 Å². The van der Waals surface area contributed by atoms with Gasteiger partial charge in [0.05, 0.1) is 40.5 Å². The van der Waals surface area contributed by atoms with Gasteiger partial charge in [-0.15, -0.1) is 0 Å². The number of hydrogen-bond acceptors (Lipinski definition) is 11. The van der Waals surface area contributed by atoms with Crippen LogP contribution in [0.3, 0.4) is 0 Å². The molecule has 574 valence electrons. The molecule has 0 saturated carbocycles. The van der Waals surface area contributed by atoms with Gasteiger partial charge in [-0.1, -0.05) is 300 Å². The minimum atomic E-state index is -4.40. The number of unbranched alkanes of at least 4 members (excludes halogenated alkanes) is 16. The number of carbonyl (C=O) groups excluding carboxylic acids is 2. The van der Waals surface area contributed by atoms with Crippen molar-refractivity contribution < 1.29 is 68.5 Å². The average molecular weight is 1450 g/mol. The van der Waals surface area contributed by atoms with E-state index in [-0.39, 0.29) is 73.5 Å². The number of hydrogen-bond donors (Lipinski definition) is 3. The maximum atomic E-state index is 12.9. The Morgan fingerprint density at radius 2 is 0.812 bits per heavy atom. The molecule has 9 atom stereocenters. The molecule has 0 aliphatic heterocycles. The Balaban J connectivity index is -0.00000187. The van der Waals surface area contributed by atoms with Crippen LogP contribution in [0.2, 0.25) is 0 Å². The standard InChI is InChI=1S/C45H90NO8P.C36H73N2O2.BrH/c1-35(2)17-11-19-37(5)21-13-23-39(7)25-15-27-41(9)31-44(47)51-33-43(34-53-55(49,50)52-30-29-46)54-45(48)32-42(10)28-16-26-40(8)24-14-22-38(6)20-12-18-36(3)4;1-5-7-9-11-13-15-17-19-21-23-25-27-32-39-35-36(34-38(3,4)31-29-30-37)40-33-28-26-24-22-20-18-16-14-12-10-8-6-2;/h35-43H,11-34,46H2,1-10H3,(H,49,50);11-14,36H,5-10,15-35,37H2,1-4H3;1H/q;+1;/p-1/t37?,38?,39?,40?,41?,42?,43-;;/m1../s1. The zero-order valence-electron chi connectivity index (χ0n) is 65.7. The number of halogens is 1. The molecular weight excluding hydrogens is 1290 g/mol. The molecule has 0 aromatic carbocycles. The van der Waals surface area contributed by atoms with Gasteiger partial charge in [0.25, 0.3) is 0 Å². The molecule has 0 heterocycles. The molecule has 0 bridgehead atoms. The highest BCUT2D eigenvalue weighted by atomic mass is 79.9. The normalized spacial score (nSPS) is 15.2. The number of phosphoric acid groups is 1. The van der Waals surface area contributed by atoms with Crippen molar-refractivity contribution in [2.24, 2.45) is 58.8 Å². The first-order valence-corrected chi connectivity index (χ1v) is 41.6. The van der Waals surface area contributed by atoms with Crippen molar-refractivity contribution in [3.8, 4) is 0 Å². The molecule has 0 aromatic heterocycles. The van der Waals surface area contributed by atoms with E-state index in [9.17, 15) is 19.0 Å². The molecule has 0 aliphatic rings. The summed E-state index contributed by atoms with van der Waals surface area (Å²) in [5, 5.41) is 0. The van der Waals surface area contributed by atoms with Gasteiger partial charge in [-0.05, 0) is 105 Å². The quantitative estimate of drug-likeness (QED) is 0.0173. The Morgan fingerprint density at radius 3 is 1.23 bits per heavy atom. The highest BCUT2D eigenvalue weighted by molar-refractivity contribution is 7.47. The van der Waals surface area contributed by atoms with Crippen LogP contribution in [0.4, 0.5) is 0 Å². The number of esters is 2. The molecule has 0 rings (SSSR count). The van der Waals surface area contributed by atoms with Crippen LogP contribution >= 0.6 is 7.82 Å². The van der Waals surface area contributed by atoms with Crippen molar-refractivity contribution in [3.05, 3.63) is 24.3 Å². The van der Waals surface area contributed by atoms with Gasteiger partial charge in [-0.3, -0.25) is 18.6 Å². The molecule has 5 N–H and O–H groups in total. The summed E-state index contributed by atoms with van der Waals surface area (Å²) in [6.07, 6.45) is 58.0. The summed E-state index contributed by atoms with van der Waals surface area (Å²) in [6, 6.07) is 0. The van der Waals surface area contributed by atoms with Gasteiger partial charge < -0.3 is 56.8 Å². The van der Waals surface area contributed by atoms with Crippen LogP contribution in [0.1, 0.15) is 346 Å². The molecule has 0 aromatic rings. The maximum absolute atomic E-state index is 12.9. The zero-order valence-corrected chi connectivity index (χ0v) is 68.2. The van der Waals surface area contributed by atoms with E-state index >= 15 is 0 Å². The van der Waals surface area contributed by atoms with Crippen molar-refractivity contribution >= 4 is 19.8 Å². The van der Waals surface area contributed by atoms with Crippen LogP contribution in [0.15, 0.2) is 24.3 Å². The first-order valence-electron chi connectivity index (χ1n) is 40.2. The molecule has 8 unspecified atom stereocenters. The first-order chi connectivity index (χ1) is 45.5. The van der Waals surface area contributed by atoms with E-state index in [1.165, 1.54) is 199 Å². The molecule has 96 heavy (non-hydrogen) atoms. The SMILES string of the molecule is CC(C)CCCC(C)CCCC(C)CCCC(C)CC(=O)OC[C@H](COP(=O)(O)OCCN)OC(=O)CC(C)CCCC(C)CCCC(C)CCCC(C)C.CCCCC=CCCCCCCCCOCC(C[N+](C)(C)CCCN)OCCCCCCCCC=CCCCC.[Br-]. The minimum Gasteiger partial charge on any atom is -1.00 e. The third-order valence-corrected chi connectivity index (χ3v) is 19.9. The molecule has 0 amide bonds. The fourth-order valence-electron chi connectivity index (χ4n) is 12.5. The van der Waals surface area contributed by atoms with Gasteiger partial charge >= 0.3 is 19.8 Å². The number of allylic oxidation sites excluding steroid dienone is 4. The van der Waals surface area contributed by atoms with E-state index < -0.39 is 26.5 Å². The van der Waals surface area contributed by atoms with E-state index in [2.05, 4.69) is 115 Å². The molecule has 15 heteroatoms. The highest BCUT2D eigenvalue weighted by Crippen LogP contribution is 2.43. The van der Waals surface area contributed by atoms with Crippen molar-refractivity contribution in [3.63, 3.8) is 0 Å². The lowest BCUT2D eigenvalue weighted by Gasteiger charge is -2.33. The molecular formula is C81H163BrN3O10P. The van der Waals surface area contributed by atoms with Crippen LogP contribution in [0.5, 0.6) is 0 Å². The number of phosphoric ester groups is 1. The third kappa shape index (κ3) is 72.6. The average Bonchev–Trinajstić information content (AvgIpc) is 1.25. The van der Waals surface area contributed by atoms with Gasteiger partial charge in [0.1, 0.15) is 19.3 Å². The summed E-state index contributed by atoms with van der Waals surface area (Å²) in [4.78, 5) is 35.7. The summed E-state index contributed by atoms with van der Waals surface area (Å²) in [5.74, 6) is 3.95. The van der Waals surface area contributed by atoms with Crippen LogP contribution < -0.4 is 28.4 Å². The van der Waals surface area contributed by atoms with E-state index in [0.717, 1.165) is 119 Å². The smallest absolute Gasteiger partial charge is 0.472 e. The summed E-state index contributed by atoms with van der Waals surface area (Å²) < 4.78 is 46.8. The number of nitrogens with zero attached hydrogens (tertiary/aromatic N) is 1. The summed E-state index contributed by atoms with van der Waals surface area (Å²) in [7, 11) is 0.191. The Bertz CT molecular complexity index is 1790.